The highest BCUT2D eigenvalue weighted by atomic mass is 32.2. The lowest BCUT2D eigenvalue weighted by atomic mass is 10.0. The van der Waals surface area contributed by atoms with E-state index in [2.05, 4.69) is 9.68 Å². The van der Waals surface area contributed by atoms with E-state index in [0.29, 0.717) is 17.0 Å². The predicted octanol–water partition coefficient (Wildman–Crippen LogP) is 4.76. The number of amides is 1. The third-order valence-corrected chi connectivity index (χ3v) is 5.88. The fourth-order valence-electron chi connectivity index (χ4n) is 2.69. The van der Waals surface area contributed by atoms with Crippen molar-refractivity contribution in [2.24, 2.45) is 10.3 Å². The van der Waals surface area contributed by atoms with Crippen LogP contribution in [0.5, 0.6) is 0 Å². The molecule has 0 saturated carbocycles. The van der Waals surface area contributed by atoms with Crippen LogP contribution in [0.15, 0.2) is 63.9 Å². The van der Waals surface area contributed by atoms with Gasteiger partial charge in [-0.3, -0.25) is 4.79 Å². The average molecular weight is 373 g/mol. The summed E-state index contributed by atoms with van der Waals surface area (Å²) in [7, 11) is -2.46. The van der Waals surface area contributed by atoms with E-state index in [4.69, 9.17) is 0 Å². The summed E-state index contributed by atoms with van der Waals surface area (Å²) in [4.78, 5) is 13.1. The van der Waals surface area contributed by atoms with Crippen LogP contribution in [-0.2, 0) is 20.9 Å². The number of benzene rings is 2. The van der Waals surface area contributed by atoms with Gasteiger partial charge in [0.15, 0.2) is 0 Å². The van der Waals surface area contributed by atoms with E-state index in [-0.39, 0.29) is 17.4 Å². The maximum atomic E-state index is 12.8. The highest BCUT2D eigenvalue weighted by Gasteiger charge is 2.16. The molecule has 0 aliphatic carbocycles. The first kappa shape index (κ1) is 20.2. The summed E-state index contributed by atoms with van der Waals surface area (Å²) in [6.07, 6.45) is 2.34. The molecule has 2 aromatic rings. The molecule has 1 N–H and O–H groups in total. The molecular weight excluding hydrogens is 344 g/mol. The molecule has 2 rings (SSSR count). The highest BCUT2D eigenvalue weighted by Crippen LogP contribution is 2.20. The predicted molar refractivity (Wildman–Crippen MR) is 109 cm³/mol. The molecule has 0 aliphatic rings. The normalized spacial score (nSPS) is 15.0. The van der Waals surface area contributed by atoms with E-state index < -0.39 is 9.73 Å². The Bertz CT molecular complexity index is 859. The first-order valence-corrected chi connectivity index (χ1v) is 10.7. The van der Waals surface area contributed by atoms with Gasteiger partial charge in [-0.1, -0.05) is 37.3 Å². The second-order valence-electron chi connectivity index (χ2n) is 7.67. The molecule has 0 aromatic heterocycles. The Morgan fingerprint density at radius 2 is 1.65 bits per heavy atom. The fourth-order valence-corrected chi connectivity index (χ4v) is 4.48. The highest BCUT2D eigenvalue weighted by molar-refractivity contribution is 7.93. The number of carbonyl (C=O) groups is 1. The van der Waals surface area contributed by atoms with Gasteiger partial charge in [-0.25, -0.2) is 8.57 Å². The molecule has 0 saturated heterocycles. The number of anilines is 1. The maximum Gasteiger partial charge on any atom is 0.227 e. The number of rotatable bonds is 5. The first-order valence-electron chi connectivity index (χ1n) is 8.75. The number of hydrogen-bond acceptors (Lipinski definition) is 3. The van der Waals surface area contributed by atoms with Gasteiger partial charge in [0.1, 0.15) is 0 Å². The molecule has 26 heavy (non-hydrogen) atoms. The molecule has 5 heteroatoms. The summed E-state index contributed by atoms with van der Waals surface area (Å²) < 4.78 is 17.2. The molecule has 4 nitrogen and oxygen atoms in total. The van der Waals surface area contributed by atoms with Gasteiger partial charge in [0, 0.05) is 22.8 Å². The smallest absolute Gasteiger partial charge is 0.227 e. The second-order valence-corrected chi connectivity index (χ2v) is 9.93. The Labute approximate surface area is 157 Å². The molecule has 0 spiro atoms. The number of carbonyl (C=O) groups excluding carboxylic acids is 1. The monoisotopic (exact) mass is 372 g/mol. The van der Waals surface area contributed by atoms with Gasteiger partial charge in [0.25, 0.3) is 0 Å². The second kappa shape index (κ2) is 8.04. The zero-order chi connectivity index (χ0) is 19.4. The molecular formula is C21H28N2O2S. The van der Waals surface area contributed by atoms with Crippen molar-refractivity contribution in [3.8, 4) is 0 Å². The fraction of sp³-hybridized carbons (Fsp3) is 0.381. The zero-order valence-electron chi connectivity index (χ0n) is 16.2. The summed E-state index contributed by atoms with van der Waals surface area (Å²) in [5.74, 6) is -0.165. The first-order chi connectivity index (χ1) is 12.1. The van der Waals surface area contributed by atoms with Gasteiger partial charge in [0.05, 0.1) is 15.3 Å². The van der Waals surface area contributed by atoms with Crippen LogP contribution in [0.3, 0.4) is 0 Å². The van der Waals surface area contributed by atoms with Gasteiger partial charge in [-0.05, 0) is 57.0 Å². The Morgan fingerprint density at radius 3 is 2.19 bits per heavy atom. The summed E-state index contributed by atoms with van der Waals surface area (Å²) >= 11 is 0. The van der Waals surface area contributed by atoms with Gasteiger partial charge in [0.2, 0.25) is 5.91 Å². The maximum absolute atomic E-state index is 12.8. The van der Waals surface area contributed by atoms with Crippen molar-refractivity contribution in [3.63, 3.8) is 0 Å². The van der Waals surface area contributed by atoms with Crippen molar-refractivity contribution in [2.45, 2.75) is 44.6 Å². The standard InChI is InChI=1S/C21H28N2O2S/c1-16(15-17-9-7-6-8-10-17)20(24)22-18-11-13-19(14-12-18)26(5,25)23-21(2,3)4/h6-14,16H,15H2,1-5H3,(H,22,24)/t16-,26?/m0/s1. The van der Waals surface area contributed by atoms with Gasteiger partial charge in [-0.15, -0.1) is 0 Å². The molecule has 1 amide bonds. The lowest BCUT2D eigenvalue weighted by molar-refractivity contribution is -0.119. The summed E-state index contributed by atoms with van der Waals surface area (Å²) in [5.41, 5.74) is 1.47. The molecule has 140 valence electrons. The van der Waals surface area contributed by atoms with Crippen LogP contribution < -0.4 is 5.32 Å². The molecule has 0 heterocycles. The quantitative estimate of drug-likeness (QED) is 0.823. The van der Waals surface area contributed by atoms with Crippen LogP contribution in [0.1, 0.15) is 33.3 Å². The lowest BCUT2D eigenvalue weighted by Crippen LogP contribution is -2.22. The van der Waals surface area contributed by atoms with Gasteiger partial charge in [-0.2, -0.15) is 0 Å². The molecule has 2 aromatic carbocycles. The van der Waals surface area contributed by atoms with E-state index in [1.165, 1.54) is 0 Å². The van der Waals surface area contributed by atoms with E-state index >= 15 is 0 Å². The molecule has 0 bridgehead atoms. The summed E-state index contributed by atoms with van der Waals surface area (Å²) in [6.45, 7) is 7.70. The lowest BCUT2D eigenvalue weighted by Gasteiger charge is -2.16. The topological polar surface area (TPSA) is 58.5 Å². The van der Waals surface area contributed by atoms with Crippen molar-refractivity contribution in [3.05, 3.63) is 60.2 Å². The third-order valence-electron chi connectivity index (χ3n) is 3.84. The third kappa shape index (κ3) is 5.99. The van der Waals surface area contributed by atoms with Crippen LogP contribution >= 0.6 is 0 Å². The van der Waals surface area contributed by atoms with E-state index in [0.717, 1.165) is 5.56 Å². The van der Waals surface area contributed by atoms with Crippen molar-refractivity contribution < 1.29 is 9.00 Å². The van der Waals surface area contributed by atoms with Crippen molar-refractivity contribution in [1.82, 2.24) is 0 Å². The Hall–Kier alpha value is -2.14. The molecule has 2 atom stereocenters. The van der Waals surface area contributed by atoms with E-state index in [9.17, 15) is 9.00 Å². The minimum Gasteiger partial charge on any atom is -0.326 e. The van der Waals surface area contributed by atoms with Crippen molar-refractivity contribution in [1.29, 1.82) is 0 Å². The van der Waals surface area contributed by atoms with Gasteiger partial charge >= 0.3 is 0 Å². The molecule has 0 fully saturated rings. The number of nitrogens with zero attached hydrogens (tertiary/aromatic N) is 1. The zero-order valence-corrected chi connectivity index (χ0v) is 17.0. The average Bonchev–Trinajstić information content (AvgIpc) is 2.54. The number of hydrogen-bond donors (Lipinski definition) is 1. The van der Waals surface area contributed by atoms with Gasteiger partial charge < -0.3 is 5.32 Å². The Morgan fingerprint density at radius 1 is 1.08 bits per heavy atom. The van der Waals surface area contributed by atoms with E-state index in [1.807, 2.05) is 58.0 Å². The Kier molecular flexibility index (Phi) is 6.24. The van der Waals surface area contributed by atoms with Crippen molar-refractivity contribution >= 4 is 21.3 Å². The minimum atomic E-state index is -2.46. The SMILES string of the molecule is C[C@@H](Cc1ccccc1)C(=O)Nc1ccc(S(C)(=O)=NC(C)(C)C)cc1. The van der Waals surface area contributed by atoms with Crippen LogP contribution in [0, 0.1) is 5.92 Å². The summed E-state index contributed by atoms with van der Waals surface area (Å²) in [6, 6.07) is 17.1. The van der Waals surface area contributed by atoms with Crippen LogP contribution in [0.25, 0.3) is 0 Å². The van der Waals surface area contributed by atoms with Crippen LogP contribution in [0.4, 0.5) is 5.69 Å². The molecule has 1 unspecified atom stereocenters. The Balaban J connectivity index is 2.06. The molecule has 0 aliphatic heterocycles. The summed E-state index contributed by atoms with van der Waals surface area (Å²) in [5, 5.41) is 2.93. The molecule has 0 radical (unpaired) electrons. The van der Waals surface area contributed by atoms with Crippen LogP contribution in [-0.4, -0.2) is 21.9 Å². The van der Waals surface area contributed by atoms with Crippen LogP contribution in [0.2, 0.25) is 0 Å². The van der Waals surface area contributed by atoms with E-state index in [1.54, 1.807) is 30.5 Å². The number of nitrogens with one attached hydrogen (secondary N) is 1. The minimum absolute atomic E-state index is 0.0294. The largest absolute Gasteiger partial charge is 0.326 e. The van der Waals surface area contributed by atoms with Crippen molar-refractivity contribution in [2.75, 3.05) is 11.6 Å².